The molecule has 1 rings (SSSR count). The zero-order valence-electron chi connectivity index (χ0n) is 28.9. The Morgan fingerprint density at radius 3 is 1.17 bits per heavy atom. The summed E-state index contributed by atoms with van der Waals surface area (Å²) >= 11 is 0. The van der Waals surface area contributed by atoms with Crippen LogP contribution in [0.15, 0.2) is 12.4 Å². The van der Waals surface area contributed by atoms with E-state index >= 15 is 0 Å². The van der Waals surface area contributed by atoms with E-state index in [0.29, 0.717) is 0 Å². The topological polar surface area (TPSA) is 8.81 Å². The van der Waals surface area contributed by atoms with Crippen LogP contribution in [0.4, 0.5) is 0 Å². The van der Waals surface area contributed by atoms with Crippen LogP contribution in [0.5, 0.6) is 0 Å². The predicted octanol–water partition coefficient (Wildman–Crippen LogP) is 13.1. The smallest absolute Gasteiger partial charge is 0.234 e. The van der Waals surface area contributed by atoms with Crippen LogP contribution in [-0.4, -0.2) is 4.57 Å². The average Bonchev–Trinajstić information content (AvgIpc) is 3.37. The van der Waals surface area contributed by atoms with Crippen molar-refractivity contribution in [2.24, 2.45) is 0 Å². The number of aromatic nitrogens is 2. The lowest BCUT2D eigenvalue weighted by molar-refractivity contribution is -0.704. The summed E-state index contributed by atoms with van der Waals surface area (Å²) in [6.07, 6.45) is 48.9. The van der Waals surface area contributed by atoms with Gasteiger partial charge in [-0.15, -0.1) is 0 Å². The van der Waals surface area contributed by atoms with Crippen LogP contribution in [-0.2, 0) is 19.5 Å². The molecule has 0 N–H and O–H groups in total. The van der Waals surface area contributed by atoms with Gasteiger partial charge in [0, 0.05) is 6.42 Å². The van der Waals surface area contributed by atoms with E-state index in [1.54, 1.807) is 5.82 Å². The van der Waals surface area contributed by atoms with Crippen molar-refractivity contribution < 1.29 is 4.57 Å². The number of imidazole rings is 1. The van der Waals surface area contributed by atoms with E-state index in [-0.39, 0.29) is 0 Å². The van der Waals surface area contributed by atoms with Gasteiger partial charge >= 0.3 is 0 Å². The summed E-state index contributed by atoms with van der Waals surface area (Å²) in [5.41, 5.74) is 0. The fourth-order valence-electron chi connectivity index (χ4n) is 6.50. The van der Waals surface area contributed by atoms with Gasteiger partial charge in [0.15, 0.2) is 0 Å². The van der Waals surface area contributed by atoms with Gasteiger partial charge in [0.05, 0.1) is 13.1 Å². The van der Waals surface area contributed by atoms with Gasteiger partial charge in [-0.25, -0.2) is 9.13 Å². The molecule has 0 aliphatic rings. The van der Waals surface area contributed by atoms with E-state index < -0.39 is 0 Å². The van der Waals surface area contributed by atoms with E-state index in [2.05, 4.69) is 42.3 Å². The summed E-state index contributed by atoms with van der Waals surface area (Å²) in [6, 6.07) is 0. The van der Waals surface area contributed by atoms with Crippen molar-refractivity contribution in [3.8, 4) is 0 Å². The second kappa shape index (κ2) is 30.7. The van der Waals surface area contributed by atoms with E-state index in [0.717, 1.165) is 0 Å². The van der Waals surface area contributed by atoms with E-state index in [9.17, 15) is 0 Å². The molecule has 2 heteroatoms. The molecule has 0 amide bonds. The van der Waals surface area contributed by atoms with Gasteiger partial charge in [-0.2, -0.15) is 0 Å². The summed E-state index contributed by atoms with van der Waals surface area (Å²) in [5.74, 6) is 1.62. The molecule has 242 valence electrons. The molecule has 0 saturated carbocycles. The summed E-state index contributed by atoms with van der Waals surface area (Å²) in [6.45, 7) is 9.40. The van der Waals surface area contributed by atoms with Crippen molar-refractivity contribution >= 4 is 0 Å². The van der Waals surface area contributed by atoms with Crippen molar-refractivity contribution in [2.75, 3.05) is 0 Å². The lowest BCUT2D eigenvalue weighted by atomic mass is 10.0. The second-order valence-electron chi connectivity index (χ2n) is 13.4. The van der Waals surface area contributed by atoms with Crippen molar-refractivity contribution in [3.63, 3.8) is 0 Å². The first-order chi connectivity index (χ1) is 20.3. The lowest BCUT2D eigenvalue weighted by Crippen LogP contribution is -2.37. The number of nitrogens with zero attached hydrogens (tertiary/aromatic N) is 2. The molecular formula is C39H77N2+. The average molecular weight is 574 g/mol. The predicted molar refractivity (Wildman–Crippen MR) is 184 cm³/mol. The Morgan fingerprint density at radius 2 is 0.756 bits per heavy atom. The van der Waals surface area contributed by atoms with Gasteiger partial charge < -0.3 is 0 Å². The van der Waals surface area contributed by atoms with Crippen LogP contribution in [0.25, 0.3) is 0 Å². The molecule has 0 bridgehead atoms. The minimum Gasteiger partial charge on any atom is -0.234 e. The molecule has 0 saturated heterocycles. The third-order valence-electron chi connectivity index (χ3n) is 9.35. The minimum atomic E-state index is 1.23. The SMILES string of the molecule is CCCCCCCCCCCCCCCCCn1cc[n+](CCCCCCCCC)c1CCCCCCCCCC. The third kappa shape index (κ3) is 23.4. The molecule has 41 heavy (non-hydrogen) atoms. The van der Waals surface area contributed by atoms with Gasteiger partial charge in [-0.3, -0.25) is 0 Å². The normalized spacial score (nSPS) is 11.6. The first-order valence-corrected chi connectivity index (χ1v) is 19.4. The highest BCUT2D eigenvalue weighted by atomic mass is 15.1. The van der Waals surface area contributed by atoms with Crippen LogP contribution in [0.3, 0.4) is 0 Å². The Morgan fingerprint density at radius 1 is 0.415 bits per heavy atom. The van der Waals surface area contributed by atoms with Crippen LogP contribution in [0.1, 0.15) is 219 Å². The van der Waals surface area contributed by atoms with Gasteiger partial charge in [-0.1, -0.05) is 181 Å². The van der Waals surface area contributed by atoms with Crippen LogP contribution in [0.2, 0.25) is 0 Å². The molecular weight excluding hydrogens is 496 g/mol. The Bertz CT molecular complexity index is 634. The van der Waals surface area contributed by atoms with Crippen molar-refractivity contribution in [3.05, 3.63) is 18.2 Å². The first kappa shape index (κ1) is 38.2. The Balaban J connectivity index is 2.23. The maximum absolute atomic E-state index is 2.63. The van der Waals surface area contributed by atoms with Crippen molar-refractivity contribution in [1.29, 1.82) is 0 Å². The fourth-order valence-corrected chi connectivity index (χ4v) is 6.50. The number of aryl methyl sites for hydroxylation is 2. The minimum absolute atomic E-state index is 1.23. The quantitative estimate of drug-likeness (QED) is 0.0584. The van der Waals surface area contributed by atoms with Gasteiger partial charge in [-0.05, 0) is 32.1 Å². The zero-order chi connectivity index (χ0) is 29.5. The lowest BCUT2D eigenvalue weighted by Gasteiger charge is -2.07. The van der Waals surface area contributed by atoms with E-state index in [1.165, 1.54) is 212 Å². The zero-order valence-corrected chi connectivity index (χ0v) is 28.9. The van der Waals surface area contributed by atoms with Gasteiger partial charge in [0.25, 0.3) is 5.82 Å². The molecule has 0 atom stereocenters. The third-order valence-corrected chi connectivity index (χ3v) is 9.35. The molecule has 0 aliphatic carbocycles. The molecule has 0 spiro atoms. The number of hydrogen-bond donors (Lipinski definition) is 0. The summed E-state index contributed by atoms with van der Waals surface area (Å²) < 4.78 is 5.25. The Kier molecular flexibility index (Phi) is 28.6. The fraction of sp³-hybridized carbons (Fsp3) is 0.923. The van der Waals surface area contributed by atoms with Gasteiger partial charge in [0.2, 0.25) is 0 Å². The Hall–Kier alpha value is -0.790. The van der Waals surface area contributed by atoms with Gasteiger partial charge in [0.1, 0.15) is 12.4 Å². The Labute approximate surface area is 259 Å². The molecule has 0 aliphatic heterocycles. The summed E-state index contributed by atoms with van der Waals surface area (Å²) in [4.78, 5) is 0. The molecule has 0 fully saturated rings. The van der Waals surface area contributed by atoms with Crippen molar-refractivity contribution in [1.82, 2.24) is 4.57 Å². The molecule has 1 aromatic rings. The maximum atomic E-state index is 2.63. The van der Waals surface area contributed by atoms with E-state index in [1.807, 2.05) is 0 Å². The molecule has 1 aromatic heterocycles. The highest BCUT2D eigenvalue weighted by Crippen LogP contribution is 2.15. The van der Waals surface area contributed by atoms with Crippen molar-refractivity contribution in [2.45, 2.75) is 233 Å². The number of hydrogen-bond acceptors (Lipinski definition) is 0. The van der Waals surface area contributed by atoms with E-state index in [4.69, 9.17) is 0 Å². The largest absolute Gasteiger partial charge is 0.256 e. The summed E-state index contributed by atoms with van der Waals surface area (Å²) in [7, 11) is 0. The summed E-state index contributed by atoms with van der Waals surface area (Å²) in [5, 5.41) is 0. The number of unbranched alkanes of at least 4 members (excludes halogenated alkanes) is 27. The molecule has 1 heterocycles. The highest BCUT2D eigenvalue weighted by Gasteiger charge is 2.16. The molecule has 0 radical (unpaired) electrons. The standard InChI is InChI=1S/C39H77N2/c1-4-7-10-13-16-18-19-20-21-22-23-24-27-30-33-36-41-38-37-40(35-32-29-26-15-12-9-6-3)39(41)34-31-28-25-17-14-11-8-5-2/h37-38H,4-36H2,1-3H3/q+1. The van der Waals surface area contributed by atoms with Crippen LogP contribution in [0, 0.1) is 0 Å². The highest BCUT2D eigenvalue weighted by molar-refractivity contribution is 4.84. The maximum Gasteiger partial charge on any atom is 0.256 e. The number of rotatable bonds is 33. The second-order valence-corrected chi connectivity index (χ2v) is 13.4. The molecule has 0 unspecified atom stereocenters. The van der Waals surface area contributed by atoms with Crippen LogP contribution >= 0.6 is 0 Å². The molecule has 0 aromatic carbocycles. The molecule has 2 nitrogen and oxygen atoms in total. The van der Waals surface area contributed by atoms with Crippen LogP contribution < -0.4 is 4.57 Å². The monoisotopic (exact) mass is 574 g/mol. The first-order valence-electron chi connectivity index (χ1n) is 19.4.